The fraction of sp³-hybridized carbons (Fsp3) is 0.474. The lowest BCUT2D eigenvalue weighted by molar-refractivity contribution is -0.384. The van der Waals surface area contributed by atoms with E-state index < -0.39 is 16.8 Å². The van der Waals surface area contributed by atoms with Gasteiger partial charge in [-0.25, -0.2) is 0 Å². The van der Waals surface area contributed by atoms with Gasteiger partial charge >= 0.3 is 5.97 Å². The Hall–Kier alpha value is -2.90. The van der Waals surface area contributed by atoms with E-state index in [1.54, 1.807) is 12.3 Å². The first-order valence-corrected chi connectivity index (χ1v) is 9.22. The van der Waals surface area contributed by atoms with Gasteiger partial charge in [0.1, 0.15) is 0 Å². The zero-order chi connectivity index (χ0) is 19.4. The molecule has 1 heterocycles. The molecule has 1 aromatic carbocycles. The van der Waals surface area contributed by atoms with E-state index in [4.69, 9.17) is 0 Å². The molecule has 27 heavy (non-hydrogen) atoms. The van der Waals surface area contributed by atoms with Crippen molar-refractivity contribution in [2.45, 2.75) is 51.0 Å². The molecule has 0 radical (unpaired) electrons. The number of aromatic amines is 1. The third-order valence-corrected chi connectivity index (χ3v) is 5.24. The molecule has 1 amide bonds. The molecule has 0 saturated heterocycles. The molecule has 2 aromatic rings. The molecule has 8 heteroatoms. The van der Waals surface area contributed by atoms with E-state index >= 15 is 0 Å². The van der Waals surface area contributed by atoms with Crippen LogP contribution in [0.4, 0.5) is 5.69 Å². The molecule has 2 atom stereocenters. The number of nitro benzene ring substituents is 1. The Morgan fingerprint density at radius 2 is 1.96 bits per heavy atom. The van der Waals surface area contributed by atoms with Crippen LogP contribution in [0.2, 0.25) is 0 Å². The van der Waals surface area contributed by atoms with Crippen molar-refractivity contribution >= 4 is 28.5 Å². The SMILES string of the molecule is O=C(Cc1c[nH]c2ccc([N+](=O)[O-])cc12)NC1CCCCCCC1C(=O)O. The number of aromatic nitrogens is 1. The van der Waals surface area contributed by atoms with Crippen LogP contribution in [0.3, 0.4) is 0 Å². The van der Waals surface area contributed by atoms with E-state index in [9.17, 15) is 24.8 Å². The number of carboxylic acids is 1. The number of hydrogen-bond acceptors (Lipinski definition) is 4. The summed E-state index contributed by atoms with van der Waals surface area (Å²) in [5, 5.41) is 24.0. The molecule has 3 N–H and O–H groups in total. The minimum Gasteiger partial charge on any atom is -0.481 e. The summed E-state index contributed by atoms with van der Waals surface area (Å²) < 4.78 is 0. The van der Waals surface area contributed by atoms with Gasteiger partial charge in [-0.3, -0.25) is 19.7 Å². The first-order valence-electron chi connectivity index (χ1n) is 9.22. The Morgan fingerprint density at radius 1 is 1.22 bits per heavy atom. The van der Waals surface area contributed by atoms with Crippen molar-refractivity contribution in [2.75, 3.05) is 0 Å². The molecule has 3 rings (SSSR count). The number of fused-ring (bicyclic) bond motifs is 1. The minimum atomic E-state index is -0.870. The molecule has 1 aliphatic rings. The van der Waals surface area contributed by atoms with Gasteiger partial charge in [-0.2, -0.15) is 0 Å². The first-order chi connectivity index (χ1) is 13.0. The number of aliphatic carboxylic acids is 1. The summed E-state index contributed by atoms with van der Waals surface area (Å²) in [4.78, 5) is 37.7. The quantitative estimate of drug-likeness (QED) is 0.548. The summed E-state index contributed by atoms with van der Waals surface area (Å²) in [5.41, 5.74) is 1.34. The van der Waals surface area contributed by atoms with Crippen LogP contribution < -0.4 is 5.32 Å². The predicted octanol–water partition coefficient (Wildman–Crippen LogP) is 3.16. The highest BCUT2D eigenvalue weighted by atomic mass is 16.6. The number of amides is 1. The van der Waals surface area contributed by atoms with Crippen molar-refractivity contribution in [1.29, 1.82) is 0 Å². The fourth-order valence-electron chi connectivity index (χ4n) is 3.81. The maximum absolute atomic E-state index is 12.6. The molecule has 1 aliphatic carbocycles. The van der Waals surface area contributed by atoms with E-state index in [1.165, 1.54) is 12.1 Å². The van der Waals surface area contributed by atoms with Crippen molar-refractivity contribution < 1.29 is 19.6 Å². The standard InChI is InChI=1S/C19H23N3O5/c23-18(21-17-6-4-2-1-3-5-14(17)19(24)25)9-12-11-20-16-8-7-13(22(26)27)10-15(12)16/h7-8,10-11,14,17,20H,1-6,9H2,(H,21,23)(H,24,25). The van der Waals surface area contributed by atoms with Crippen molar-refractivity contribution in [3.63, 3.8) is 0 Å². The van der Waals surface area contributed by atoms with E-state index in [-0.39, 0.29) is 24.1 Å². The van der Waals surface area contributed by atoms with Gasteiger partial charge in [0.05, 0.1) is 17.3 Å². The van der Waals surface area contributed by atoms with E-state index in [2.05, 4.69) is 10.3 Å². The third-order valence-electron chi connectivity index (χ3n) is 5.24. The second-order valence-electron chi connectivity index (χ2n) is 7.09. The van der Waals surface area contributed by atoms with Gasteiger partial charge in [0.25, 0.3) is 5.69 Å². The molecular weight excluding hydrogens is 350 g/mol. The molecule has 0 aliphatic heterocycles. The molecule has 1 saturated carbocycles. The smallest absolute Gasteiger partial charge is 0.308 e. The van der Waals surface area contributed by atoms with Gasteiger partial charge in [-0.05, 0) is 24.5 Å². The van der Waals surface area contributed by atoms with Gasteiger partial charge < -0.3 is 15.4 Å². The van der Waals surface area contributed by atoms with Crippen molar-refractivity contribution in [3.05, 3.63) is 40.1 Å². The number of nitro groups is 1. The Labute approximate surface area is 156 Å². The average molecular weight is 373 g/mol. The Bertz CT molecular complexity index is 860. The summed E-state index contributed by atoms with van der Waals surface area (Å²) in [6.45, 7) is 0. The number of benzene rings is 1. The number of carbonyl (C=O) groups excluding carboxylic acids is 1. The van der Waals surface area contributed by atoms with Crippen molar-refractivity contribution in [2.24, 2.45) is 5.92 Å². The zero-order valence-electron chi connectivity index (χ0n) is 14.9. The van der Waals surface area contributed by atoms with Crippen LogP contribution in [0.25, 0.3) is 10.9 Å². The lowest BCUT2D eigenvalue weighted by atomic mass is 9.86. The van der Waals surface area contributed by atoms with Crippen LogP contribution in [0.1, 0.15) is 44.1 Å². The molecule has 1 fully saturated rings. The van der Waals surface area contributed by atoms with Crippen LogP contribution in [0, 0.1) is 16.0 Å². The molecular formula is C19H23N3O5. The first kappa shape index (κ1) is 18.9. The van der Waals surface area contributed by atoms with Crippen molar-refractivity contribution in [3.8, 4) is 0 Å². The van der Waals surface area contributed by atoms with Crippen LogP contribution in [0.15, 0.2) is 24.4 Å². The van der Waals surface area contributed by atoms with Crippen LogP contribution in [0.5, 0.6) is 0 Å². The summed E-state index contributed by atoms with van der Waals surface area (Å²) in [5.74, 6) is -1.71. The number of non-ortho nitro benzene ring substituents is 1. The highest BCUT2D eigenvalue weighted by Gasteiger charge is 2.30. The number of carbonyl (C=O) groups is 2. The Balaban J connectivity index is 1.74. The summed E-state index contributed by atoms with van der Waals surface area (Å²) in [6, 6.07) is 4.10. The highest BCUT2D eigenvalue weighted by Crippen LogP contribution is 2.25. The van der Waals surface area contributed by atoms with Crippen LogP contribution in [-0.4, -0.2) is 32.9 Å². The van der Waals surface area contributed by atoms with Gasteiger partial charge in [0.2, 0.25) is 5.91 Å². The number of rotatable bonds is 5. The number of hydrogen-bond donors (Lipinski definition) is 3. The normalized spacial score (nSPS) is 20.6. The summed E-state index contributed by atoms with van der Waals surface area (Å²) in [7, 11) is 0. The zero-order valence-corrected chi connectivity index (χ0v) is 14.9. The number of nitrogens with zero attached hydrogens (tertiary/aromatic N) is 1. The van der Waals surface area contributed by atoms with Crippen molar-refractivity contribution in [1.82, 2.24) is 10.3 Å². The van der Waals surface area contributed by atoms with Gasteiger partial charge in [0.15, 0.2) is 0 Å². The number of H-pyrrole nitrogens is 1. The van der Waals surface area contributed by atoms with E-state index in [0.29, 0.717) is 23.8 Å². The topological polar surface area (TPSA) is 125 Å². The molecule has 8 nitrogen and oxygen atoms in total. The lowest BCUT2D eigenvalue weighted by Gasteiger charge is -2.27. The predicted molar refractivity (Wildman–Crippen MR) is 99.4 cm³/mol. The van der Waals surface area contributed by atoms with Gasteiger partial charge in [-0.15, -0.1) is 0 Å². The molecule has 2 unspecified atom stereocenters. The Kier molecular flexibility index (Phi) is 5.73. The number of nitrogens with one attached hydrogen (secondary N) is 2. The lowest BCUT2D eigenvalue weighted by Crippen LogP contribution is -2.44. The summed E-state index contributed by atoms with van der Waals surface area (Å²) >= 11 is 0. The van der Waals surface area contributed by atoms with Crippen LogP contribution in [-0.2, 0) is 16.0 Å². The fourth-order valence-corrected chi connectivity index (χ4v) is 3.81. The molecule has 0 bridgehead atoms. The monoisotopic (exact) mass is 373 g/mol. The molecule has 0 spiro atoms. The number of carboxylic acid groups (broad SMARTS) is 1. The molecule has 144 valence electrons. The maximum Gasteiger partial charge on any atom is 0.308 e. The Morgan fingerprint density at radius 3 is 2.67 bits per heavy atom. The van der Waals surface area contributed by atoms with E-state index in [1.807, 2.05) is 0 Å². The minimum absolute atomic E-state index is 0.0327. The third kappa shape index (κ3) is 4.45. The highest BCUT2D eigenvalue weighted by molar-refractivity contribution is 5.90. The molecule has 1 aromatic heterocycles. The maximum atomic E-state index is 12.6. The second kappa shape index (κ2) is 8.20. The summed E-state index contributed by atoms with van der Waals surface area (Å²) in [6.07, 6.45) is 6.76. The largest absolute Gasteiger partial charge is 0.481 e. The van der Waals surface area contributed by atoms with E-state index in [0.717, 1.165) is 31.2 Å². The van der Waals surface area contributed by atoms with Gasteiger partial charge in [-0.1, -0.05) is 25.7 Å². The second-order valence-corrected chi connectivity index (χ2v) is 7.09. The van der Waals surface area contributed by atoms with Crippen LogP contribution >= 0.6 is 0 Å². The van der Waals surface area contributed by atoms with Gasteiger partial charge in [0, 0.05) is 35.3 Å². The average Bonchev–Trinajstić information content (AvgIpc) is 2.99.